The number of Topliss-reactive ketones (excluding diaryl/α,β-unsaturated/α-hetero) is 1. The molecular weight excluding hydrogens is 214 g/mol. The average Bonchev–Trinajstić information content (AvgIpc) is 2.86. The van der Waals surface area contributed by atoms with Crippen molar-refractivity contribution in [3.05, 3.63) is 12.2 Å². The summed E-state index contributed by atoms with van der Waals surface area (Å²) in [6, 6.07) is 0.266. The van der Waals surface area contributed by atoms with Crippen LogP contribution >= 0.6 is 0 Å². The van der Waals surface area contributed by atoms with E-state index >= 15 is 0 Å². The van der Waals surface area contributed by atoms with Gasteiger partial charge in [-0.1, -0.05) is 6.92 Å². The van der Waals surface area contributed by atoms with Crippen molar-refractivity contribution in [2.45, 2.75) is 52.5 Å². The first-order chi connectivity index (χ1) is 8.08. The number of hydrogen-bond donors (Lipinski definition) is 0. The van der Waals surface area contributed by atoms with Crippen LogP contribution in [0, 0.1) is 11.8 Å². The number of ketones is 1. The van der Waals surface area contributed by atoms with Crippen molar-refractivity contribution in [2.24, 2.45) is 11.8 Å². The summed E-state index contributed by atoms with van der Waals surface area (Å²) < 4.78 is 1.84. The van der Waals surface area contributed by atoms with Gasteiger partial charge in [-0.05, 0) is 39.0 Å². The molecule has 0 spiro atoms. The number of rotatable bonds is 4. The molecule has 1 saturated carbocycles. The number of carbonyl (C=O) groups excluding carboxylic acids is 1. The van der Waals surface area contributed by atoms with Crippen LogP contribution in [0.25, 0.3) is 0 Å². The largest absolute Gasteiger partial charge is 0.299 e. The Morgan fingerprint density at radius 1 is 1.53 bits per heavy atom. The van der Waals surface area contributed by atoms with Gasteiger partial charge in [-0.2, -0.15) is 5.10 Å². The highest BCUT2D eigenvalue weighted by Gasteiger charge is 2.28. The van der Waals surface area contributed by atoms with E-state index in [1.807, 2.05) is 4.68 Å². The molecule has 4 nitrogen and oxygen atoms in total. The Morgan fingerprint density at radius 3 is 2.88 bits per heavy atom. The van der Waals surface area contributed by atoms with E-state index < -0.39 is 0 Å². The molecule has 1 fully saturated rings. The SMILES string of the molecule is CC1CCC(C(=O)Cc2ncnn2C(C)C)C1. The smallest absolute Gasteiger partial charge is 0.143 e. The van der Waals surface area contributed by atoms with Crippen LogP contribution in [0.4, 0.5) is 0 Å². The van der Waals surface area contributed by atoms with Crippen molar-refractivity contribution in [3.8, 4) is 0 Å². The van der Waals surface area contributed by atoms with Gasteiger partial charge in [0.2, 0.25) is 0 Å². The predicted octanol–water partition coefficient (Wildman–Crippen LogP) is 2.41. The van der Waals surface area contributed by atoms with Crippen molar-refractivity contribution in [3.63, 3.8) is 0 Å². The maximum absolute atomic E-state index is 12.2. The third-order valence-corrected chi connectivity index (χ3v) is 3.62. The molecule has 2 atom stereocenters. The number of hydrogen-bond acceptors (Lipinski definition) is 3. The van der Waals surface area contributed by atoms with E-state index in [2.05, 4.69) is 30.9 Å². The van der Waals surface area contributed by atoms with E-state index in [1.54, 1.807) is 6.33 Å². The Morgan fingerprint density at radius 2 is 2.29 bits per heavy atom. The third-order valence-electron chi connectivity index (χ3n) is 3.62. The Balaban J connectivity index is 2.00. The van der Waals surface area contributed by atoms with E-state index in [1.165, 1.54) is 6.42 Å². The first-order valence-electron chi connectivity index (χ1n) is 6.49. The topological polar surface area (TPSA) is 47.8 Å². The molecule has 1 aliphatic rings. The minimum absolute atomic E-state index is 0.252. The van der Waals surface area contributed by atoms with E-state index in [0.29, 0.717) is 18.1 Å². The second-order valence-electron chi connectivity index (χ2n) is 5.47. The monoisotopic (exact) mass is 235 g/mol. The van der Waals surface area contributed by atoms with Crippen LogP contribution in [0.15, 0.2) is 6.33 Å². The molecule has 17 heavy (non-hydrogen) atoms. The van der Waals surface area contributed by atoms with Gasteiger partial charge in [-0.25, -0.2) is 9.67 Å². The molecule has 0 saturated heterocycles. The Hall–Kier alpha value is -1.19. The van der Waals surface area contributed by atoms with Crippen molar-refractivity contribution in [1.82, 2.24) is 14.8 Å². The fourth-order valence-electron chi connectivity index (χ4n) is 2.63. The zero-order chi connectivity index (χ0) is 12.4. The van der Waals surface area contributed by atoms with Gasteiger partial charge in [0.25, 0.3) is 0 Å². The van der Waals surface area contributed by atoms with Crippen LogP contribution < -0.4 is 0 Å². The quantitative estimate of drug-likeness (QED) is 0.805. The molecule has 4 heteroatoms. The van der Waals surface area contributed by atoms with Crippen molar-refractivity contribution >= 4 is 5.78 Å². The molecule has 0 aliphatic heterocycles. The zero-order valence-corrected chi connectivity index (χ0v) is 10.9. The van der Waals surface area contributed by atoms with Crippen LogP contribution in [-0.2, 0) is 11.2 Å². The minimum Gasteiger partial charge on any atom is -0.299 e. The van der Waals surface area contributed by atoms with Gasteiger partial charge in [-0.15, -0.1) is 0 Å². The van der Waals surface area contributed by atoms with Crippen LogP contribution in [0.3, 0.4) is 0 Å². The maximum Gasteiger partial charge on any atom is 0.143 e. The molecule has 0 amide bonds. The van der Waals surface area contributed by atoms with Crippen LogP contribution in [0.5, 0.6) is 0 Å². The molecule has 94 valence electrons. The second-order valence-corrected chi connectivity index (χ2v) is 5.47. The molecule has 1 aromatic rings. The highest BCUT2D eigenvalue weighted by Crippen LogP contribution is 2.31. The molecule has 0 N–H and O–H groups in total. The van der Waals surface area contributed by atoms with Crippen molar-refractivity contribution in [2.75, 3.05) is 0 Å². The molecule has 0 aromatic carbocycles. The lowest BCUT2D eigenvalue weighted by atomic mass is 9.98. The van der Waals surface area contributed by atoms with Crippen LogP contribution in [0.1, 0.15) is 51.9 Å². The lowest BCUT2D eigenvalue weighted by Gasteiger charge is -2.11. The molecule has 2 rings (SSSR count). The molecule has 2 unspecified atom stereocenters. The first-order valence-corrected chi connectivity index (χ1v) is 6.49. The highest BCUT2D eigenvalue weighted by molar-refractivity contribution is 5.82. The summed E-state index contributed by atoms with van der Waals surface area (Å²) in [5.74, 6) is 2.10. The van der Waals surface area contributed by atoms with Gasteiger partial charge in [0, 0.05) is 12.0 Å². The van der Waals surface area contributed by atoms with Gasteiger partial charge in [0.1, 0.15) is 17.9 Å². The van der Waals surface area contributed by atoms with Gasteiger partial charge in [0.15, 0.2) is 0 Å². The summed E-state index contributed by atoms with van der Waals surface area (Å²) in [5.41, 5.74) is 0. The lowest BCUT2D eigenvalue weighted by molar-refractivity contribution is -0.122. The Kier molecular flexibility index (Phi) is 3.60. The van der Waals surface area contributed by atoms with Gasteiger partial charge in [-0.3, -0.25) is 4.79 Å². The number of aromatic nitrogens is 3. The van der Waals surface area contributed by atoms with E-state index in [4.69, 9.17) is 0 Å². The molecule has 1 aliphatic carbocycles. The van der Waals surface area contributed by atoms with Crippen molar-refractivity contribution < 1.29 is 4.79 Å². The fraction of sp³-hybridized carbons (Fsp3) is 0.769. The summed E-state index contributed by atoms with van der Waals surface area (Å²) in [6.45, 7) is 6.34. The summed E-state index contributed by atoms with van der Waals surface area (Å²) in [4.78, 5) is 16.4. The van der Waals surface area contributed by atoms with Crippen molar-refractivity contribution in [1.29, 1.82) is 0 Å². The Labute approximate surface area is 102 Å². The molecule has 0 bridgehead atoms. The zero-order valence-electron chi connectivity index (χ0n) is 10.9. The van der Waals surface area contributed by atoms with Crippen LogP contribution in [0.2, 0.25) is 0 Å². The number of nitrogens with zero attached hydrogens (tertiary/aromatic N) is 3. The third kappa shape index (κ3) is 2.73. The van der Waals surface area contributed by atoms with Gasteiger partial charge in [0.05, 0.1) is 6.42 Å². The van der Waals surface area contributed by atoms with E-state index in [9.17, 15) is 4.79 Å². The van der Waals surface area contributed by atoms with E-state index in [-0.39, 0.29) is 12.0 Å². The normalized spacial score (nSPS) is 24.5. The summed E-state index contributed by atoms with van der Waals surface area (Å²) in [7, 11) is 0. The highest BCUT2D eigenvalue weighted by atomic mass is 16.1. The Bertz CT molecular complexity index is 397. The minimum atomic E-state index is 0.252. The molecular formula is C13H21N3O. The second kappa shape index (κ2) is 4.98. The maximum atomic E-state index is 12.2. The molecule has 0 radical (unpaired) electrons. The number of carbonyl (C=O) groups is 1. The summed E-state index contributed by atoms with van der Waals surface area (Å²) in [5, 5.41) is 4.16. The molecule has 1 heterocycles. The molecule has 1 aromatic heterocycles. The van der Waals surface area contributed by atoms with Gasteiger partial charge < -0.3 is 0 Å². The predicted molar refractivity (Wildman–Crippen MR) is 65.6 cm³/mol. The summed E-state index contributed by atoms with van der Waals surface area (Å²) >= 11 is 0. The lowest BCUT2D eigenvalue weighted by Crippen LogP contribution is -2.18. The average molecular weight is 235 g/mol. The van der Waals surface area contributed by atoms with E-state index in [0.717, 1.165) is 18.7 Å². The van der Waals surface area contributed by atoms with Crippen LogP contribution in [-0.4, -0.2) is 20.5 Å². The van der Waals surface area contributed by atoms with Gasteiger partial charge >= 0.3 is 0 Å². The standard InChI is InChI=1S/C13H21N3O/c1-9(2)16-13(14-8-15-16)7-12(17)11-5-4-10(3)6-11/h8-11H,4-7H2,1-3H3. The first kappa shape index (κ1) is 12.3. The fourth-order valence-corrected chi connectivity index (χ4v) is 2.63. The summed E-state index contributed by atoms with van der Waals surface area (Å²) in [6.07, 6.45) is 5.27.